The minimum atomic E-state index is -0.0775. The van der Waals surface area contributed by atoms with E-state index in [0.29, 0.717) is 0 Å². The number of nitrogens with zero attached hydrogens (tertiary/aromatic N) is 9. The highest BCUT2D eigenvalue weighted by Gasteiger charge is 2.46. The van der Waals surface area contributed by atoms with Crippen LogP contribution in [0.5, 0.6) is 0 Å². The van der Waals surface area contributed by atoms with Gasteiger partial charge in [-0.05, 0) is 132 Å². The Hall–Kier alpha value is -6.48. The Bertz CT molecular complexity index is 2810. The molecule has 2 atom stereocenters. The molecule has 8 heterocycles. The van der Waals surface area contributed by atoms with Gasteiger partial charge in [0.15, 0.2) is 17.3 Å². The Morgan fingerprint density at radius 3 is 2.44 bits per heavy atom. The van der Waals surface area contributed by atoms with Crippen molar-refractivity contribution in [1.82, 2.24) is 24.3 Å². The molecule has 2 aromatic carbocycles. The summed E-state index contributed by atoms with van der Waals surface area (Å²) in [5.74, 6) is 2.01. The molecular formula is C52H55N9. The van der Waals surface area contributed by atoms with Crippen molar-refractivity contribution in [3.63, 3.8) is 0 Å². The van der Waals surface area contributed by atoms with Gasteiger partial charge in [0.05, 0.1) is 22.8 Å². The smallest absolute Gasteiger partial charge is 0.163 e. The van der Waals surface area contributed by atoms with Gasteiger partial charge in [0.1, 0.15) is 18.0 Å². The summed E-state index contributed by atoms with van der Waals surface area (Å²) in [4.78, 5) is 30.8. The zero-order valence-corrected chi connectivity index (χ0v) is 36.4. The average Bonchev–Trinajstić information content (AvgIpc) is 3.86. The lowest BCUT2D eigenvalue weighted by molar-refractivity contribution is 0.568. The molecule has 2 unspecified atom stereocenters. The molecule has 10 rings (SSSR count). The van der Waals surface area contributed by atoms with Crippen LogP contribution in [-0.4, -0.2) is 43.2 Å². The van der Waals surface area contributed by atoms with Crippen molar-refractivity contribution >= 4 is 34.3 Å². The summed E-state index contributed by atoms with van der Waals surface area (Å²) in [6.07, 6.45) is 21.0. The molecular weight excluding hydrogens is 751 g/mol. The lowest BCUT2D eigenvalue weighted by atomic mass is 9.96. The first kappa shape index (κ1) is 38.7. The first-order chi connectivity index (χ1) is 29.8. The van der Waals surface area contributed by atoms with Crippen molar-refractivity contribution in [2.45, 2.75) is 98.8 Å². The molecule has 0 aliphatic carbocycles. The van der Waals surface area contributed by atoms with Crippen LogP contribution in [0, 0.1) is 27.7 Å². The second-order valence-electron chi connectivity index (χ2n) is 17.1. The number of hydrogen-bond acceptors (Lipinski definition) is 8. The van der Waals surface area contributed by atoms with Crippen LogP contribution < -0.4 is 19.6 Å². The monoisotopic (exact) mass is 805 g/mol. The number of imidazole rings is 1. The largest absolute Gasteiger partial charge is 0.347 e. The Balaban J connectivity index is 1.23. The van der Waals surface area contributed by atoms with E-state index in [2.05, 4.69) is 151 Å². The van der Waals surface area contributed by atoms with Gasteiger partial charge in [-0.25, -0.2) is 15.0 Å². The van der Waals surface area contributed by atoms with Crippen LogP contribution in [0.25, 0.3) is 16.9 Å². The standard InChI is InChI=1S/C52H55N9/c1-8-16-33(3)30-45-39(9-2)42-19-12-13-27-58-43-20-14-24-54-50(43)61(45)48(58)32-41-35(5)29-34(4)31-46(41)60-47(59(42)44-21-15-25-55-51(44)60)23-22-38-17-10-11-18-40(38)49-52-56-36(6)37(7)57(52)28-26-53-49/h9-11,14-18,20-21,24-26,28-31,47-48H,2,8,12-13,19,22-23,27,32H2,1,3-7H3/b33-16-,42-39+,45-30+. The molecule has 9 nitrogen and oxygen atoms in total. The van der Waals surface area contributed by atoms with E-state index in [-0.39, 0.29) is 12.3 Å². The van der Waals surface area contributed by atoms with Crippen LogP contribution in [0.15, 0.2) is 133 Å². The zero-order valence-electron chi connectivity index (χ0n) is 36.4. The molecule has 6 bridgehead atoms. The van der Waals surface area contributed by atoms with Crippen LogP contribution in [0.2, 0.25) is 0 Å². The van der Waals surface area contributed by atoms with Crippen molar-refractivity contribution < 1.29 is 0 Å². The fourth-order valence-corrected chi connectivity index (χ4v) is 10.5. The third kappa shape index (κ3) is 6.35. The Morgan fingerprint density at radius 1 is 0.852 bits per heavy atom. The first-order valence-corrected chi connectivity index (χ1v) is 22.0. The van der Waals surface area contributed by atoms with E-state index in [1.165, 1.54) is 44.9 Å². The van der Waals surface area contributed by atoms with Gasteiger partial charge >= 0.3 is 0 Å². The van der Waals surface area contributed by atoms with Gasteiger partial charge < -0.3 is 24.0 Å². The summed E-state index contributed by atoms with van der Waals surface area (Å²) < 4.78 is 2.17. The topological polar surface area (TPSA) is 68.9 Å². The van der Waals surface area contributed by atoms with E-state index >= 15 is 0 Å². The predicted octanol–water partition coefficient (Wildman–Crippen LogP) is 11.4. The number of aryl methyl sites for hydroxylation is 5. The van der Waals surface area contributed by atoms with Crippen LogP contribution >= 0.6 is 0 Å². The second kappa shape index (κ2) is 15.5. The average molecular weight is 806 g/mol. The van der Waals surface area contributed by atoms with Gasteiger partial charge in [-0.1, -0.05) is 61.6 Å². The summed E-state index contributed by atoms with van der Waals surface area (Å²) in [7, 11) is 0. The molecule has 4 aliphatic heterocycles. The number of aromatic nitrogens is 5. The van der Waals surface area contributed by atoms with Crippen LogP contribution in [0.4, 0.5) is 28.7 Å². The molecule has 0 amide bonds. The Morgan fingerprint density at radius 2 is 1.64 bits per heavy atom. The Labute approximate surface area is 360 Å². The number of fused-ring (bicyclic) bond motifs is 12. The van der Waals surface area contributed by atoms with Gasteiger partial charge in [-0.2, -0.15) is 0 Å². The van der Waals surface area contributed by atoms with Crippen LogP contribution in [0.3, 0.4) is 0 Å². The van der Waals surface area contributed by atoms with Crippen LogP contribution in [-0.2, 0) is 12.8 Å². The zero-order chi connectivity index (χ0) is 41.9. The molecule has 61 heavy (non-hydrogen) atoms. The number of pyridine rings is 2. The predicted molar refractivity (Wildman–Crippen MR) is 250 cm³/mol. The van der Waals surface area contributed by atoms with E-state index in [4.69, 9.17) is 19.9 Å². The fraction of sp³-hybridized carbons (Fsp3) is 0.308. The molecule has 0 spiro atoms. The maximum absolute atomic E-state index is 5.27. The minimum absolute atomic E-state index is 0.00605. The number of benzene rings is 2. The molecule has 0 saturated heterocycles. The van der Waals surface area contributed by atoms with Crippen molar-refractivity contribution in [2.24, 2.45) is 0 Å². The molecule has 308 valence electrons. The lowest BCUT2D eigenvalue weighted by Gasteiger charge is -2.38. The molecule has 4 aliphatic rings. The Kier molecular flexibility index (Phi) is 9.85. The SMILES string of the molecule is C=C\C1=C2\CCCCN3c4cccnc4N(/C1=C/C(C)=C\CC)C3Cc1c(C)cc(C)cc1N1c3ncccc3N2C1CCc1ccccc1-c1nccn2c(C)c(C)nc12. The number of hydrogen-bond donors (Lipinski definition) is 0. The minimum Gasteiger partial charge on any atom is -0.347 e. The summed E-state index contributed by atoms with van der Waals surface area (Å²) in [6, 6.07) is 22.3. The molecule has 6 aromatic rings. The number of rotatable bonds is 7. The highest BCUT2D eigenvalue weighted by molar-refractivity contribution is 5.87. The summed E-state index contributed by atoms with van der Waals surface area (Å²) in [5.41, 5.74) is 18.6. The molecule has 4 aromatic heterocycles. The summed E-state index contributed by atoms with van der Waals surface area (Å²) in [6.45, 7) is 18.8. The highest BCUT2D eigenvalue weighted by Crippen LogP contribution is 2.52. The maximum atomic E-state index is 5.27. The maximum Gasteiger partial charge on any atom is 0.163 e. The van der Waals surface area contributed by atoms with Gasteiger partial charge in [0, 0.05) is 66.0 Å². The van der Waals surface area contributed by atoms with Gasteiger partial charge in [-0.3, -0.25) is 4.98 Å². The van der Waals surface area contributed by atoms with E-state index in [1.54, 1.807) is 0 Å². The lowest BCUT2D eigenvalue weighted by Crippen LogP contribution is -2.46. The third-order valence-electron chi connectivity index (χ3n) is 13.3. The molecule has 9 heteroatoms. The van der Waals surface area contributed by atoms with Gasteiger partial charge in [0.25, 0.3) is 0 Å². The normalized spacial score (nSPS) is 20.4. The third-order valence-corrected chi connectivity index (χ3v) is 13.3. The van der Waals surface area contributed by atoms with Crippen molar-refractivity contribution in [3.05, 3.63) is 166 Å². The van der Waals surface area contributed by atoms with E-state index in [0.717, 1.165) is 108 Å². The number of anilines is 5. The van der Waals surface area contributed by atoms with Gasteiger partial charge in [0.2, 0.25) is 0 Å². The van der Waals surface area contributed by atoms with Crippen LogP contribution in [0.1, 0.15) is 79.6 Å². The summed E-state index contributed by atoms with van der Waals surface area (Å²) in [5, 5.41) is 0. The van der Waals surface area contributed by atoms with E-state index in [1.807, 2.05) is 24.8 Å². The van der Waals surface area contributed by atoms with Crippen molar-refractivity contribution in [3.8, 4) is 11.3 Å². The van der Waals surface area contributed by atoms with Crippen molar-refractivity contribution in [2.75, 3.05) is 26.1 Å². The second-order valence-corrected chi connectivity index (χ2v) is 17.1. The fourth-order valence-electron chi connectivity index (χ4n) is 10.5. The molecule has 0 saturated carbocycles. The molecule has 0 N–H and O–H groups in total. The molecule has 0 fully saturated rings. The van der Waals surface area contributed by atoms with Gasteiger partial charge in [-0.15, -0.1) is 0 Å². The summed E-state index contributed by atoms with van der Waals surface area (Å²) >= 11 is 0. The van der Waals surface area contributed by atoms with E-state index in [9.17, 15) is 0 Å². The highest BCUT2D eigenvalue weighted by atomic mass is 15.5. The van der Waals surface area contributed by atoms with Crippen molar-refractivity contribution in [1.29, 1.82) is 0 Å². The molecule has 0 radical (unpaired) electrons. The quantitative estimate of drug-likeness (QED) is 0.158. The van der Waals surface area contributed by atoms with E-state index < -0.39 is 0 Å². The first-order valence-electron chi connectivity index (χ1n) is 22.0. The number of allylic oxidation sites excluding steroid dienone is 5.